The van der Waals surface area contributed by atoms with E-state index in [2.05, 4.69) is 5.32 Å². The molecule has 5 nitrogen and oxygen atoms in total. The highest BCUT2D eigenvalue weighted by Crippen LogP contribution is 2.25. The number of benzene rings is 1. The fourth-order valence-electron chi connectivity index (χ4n) is 2.35. The maximum atomic E-state index is 13.5. The van der Waals surface area contributed by atoms with Gasteiger partial charge in [-0.05, 0) is 25.0 Å². The number of hydrogen-bond donors (Lipinski definition) is 2. The number of amides is 2. The zero-order valence-electron chi connectivity index (χ0n) is 10.4. The van der Waals surface area contributed by atoms with Gasteiger partial charge in [-0.15, -0.1) is 0 Å². The predicted octanol–water partition coefficient (Wildman–Crippen LogP) is 1.33. The van der Waals surface area contributed by atoms with Crippen molar-refractivity contribution in [1.82, 2.24) is 5.32 Å². The van der Waals surface area contributed by atoms with Crippen LogP contribution in [0.4, 0.5) is 14.9 Å². The van der Waals surface area contributed by atoms with Gasteiger partial charge in [0.05, 0.1) is 5.69 Å². The molecule has 0 saturated carbocycles. The fraction of sp³-hybridized carbons (Fsp3) is 0.385. The molecule has 6 heteroatoms. The van der Waals surface area contributed by atoms with Crippen LogP contribution >= 0.6 is 0 Å². The summed E-state index contributed by atoms with van der Waals surface area (Å²) in [6, 6.07) is 6.04. The molecule has 19 heavy (non-hydrogen) atoms. The van der Waals surface area contributed by atoms with Gasteiger partial charge in [0.15, 0.2) is 0 Å². The SMILES string of the molecule is N#Cc1c(F)cccc1N1CCC(NC(N)=O)CC1. The average molecular weight is 262 g/mol. The van der Waals surface area contributed by atoms with E-state index in [1.54, 1.807) is 12.1 Å². The summed E-state index contributed by atoms with van der Waals surface area (Å²) in [5.41, 5.74) is 5.76. The number of nitrogens with zero attached hydrogens (tertiary/aromatic N) is 2. The molecule has 2 rings (SSSR count). The summed E-state index contributed by atoms with van der Waals surface area (Å²) in [6.07, 6.45) is 1.45. The molecular weight excluding hydrogens is 247 g/mol. The van der Waals surface area contributed by atoms with E-state index in [1.165, 1.54) is 6.07 Å². The number of carbonyl (C=O) groups excluding carboxylic acids is 1. The van der Waals surface area contributed by atoms with E-state index in [0.29, 0.717) is 18.8 Å². The van der Waals surface area contributed by atoms with Crippen molar-refractivity contribution in [1.29, 1.82) is 5.26 Å². The molecule has 0 aliphatic carbocycles. The van der Waals surface area contributed by atoms with Crippen LogP contribution in [-0.4, -0.2) is 25.2 Å². The Balaban J connectivity index is 2.08. The Labute approximate surface area is 110 Å². The maximum absolute atomic E-state index is 13.5. The summed E-state index contributed by atoms with van der Waals surface area (Å²) in [6.45, 7) is 1.31. The molecule has 1 aromatic rings. The normalized spacial score (nSPS) is 15.9. The lowest BCUT2D eigenvalue weighted by atomic mass is 10.0. The van der Waals surface area contributed by atoms with Crippen LogP contribution < -0.4 is 16.0 Å². The summed E-state index contributed by atoms with van der Waals surface area (Å²) in [5.74, 6) is -0.502. The molecule has 1 aliphatic heterocycles. The van der Waals surface area contributed by atoms with Gasteiger partial charge in [-0.1, -0.05) is 6.07 Å². The Morgan fingerprint density at radius 3 is 2.74 bits per heavy atom. The molecule has 2 amide bonds. The van der Waals surface area contributed by atoms with E-state index in [9.17, 15) is 9.18 Å². The molecule has 0 radical (unpaired) electrons. The monoisotopic (exact) mass is 262 g/mol. The first kappa shape index (κ1) is 13.1. The minimum absolute atomic E-state index is 0.0489. The topological polar surface area (TPSA) is 82.2 Å². The molecule has 0 bridgehead atoms. The maximum Gasteiger partial charge on any atom is 0.312 e. The van der Waals surface area contributed by atoms with E-state index in [1.807, 2.05) is 11.0 Å². The molecule has 0 unspecified atom stereocenters. The average Bonchev–Trinajstić information content (AvgIpc) is 2.38. The van der Waals surface area contributed by atoms with Crippen LogP contribution in [0.2, 0.25) is 0 Å². The first-order valence-corrected chi connectivity index (χ1v) is 6.11. The molecule has 1 heterocycles. The zero-order valence-corrected chi connectivity index (χ0v) is 10.4. The summed E-state index contributed by atoms with van der Waals surface area (Å²) in [5, 5.41) is 11.7. The quantitative estimate of drug-likeness (QED) is 0.843. The Bertz CT molecular complexity index is 518. The highest BCUT2D eigenvalue weighted by atomic mass is 19.1. The summed E-state index contributed by atoms with van der Waals surface area (Å²) in [4.78, 5) is 12.7. The number of nitrogens with two attached hydrogens (primary N) is 1. The van der Waals surface area contributed by atoms with Crippen LogP contribution in [0, 0.1) is 17.1 Å². The van der Waals surface area contributed by atoms with Crippen molar-refractivity contribution in [3.8, 4) is 6.07 Å². The number of nitrogens with one attached hydrogen (secondary N) is 1. The molecular formula is C13H15FN4O. The lowest BCUT2D eigenvalue weighted by molar-refractivity contribution is 0.242. The van der Waals surface area contributed by atoms with Crippen LogP contribution in [0.3, 0.4) is 0 Å². The van der Waals surface area contributed by atoms with Crippen molar-refractivity contribution in [2.75, 3.05) is 18.0 Å². The van der Waals surface area contributed by atoms with Gasteiger partial charge < -0.3 is 16.0 Å². The number of carbonyl (C=O) groups is 1. The highest BCUT2D eigenvalue weighted by molar-refractivity contribution is 5.72. The number of primary amides is 1. The first-order valence-electron chi connectivity index (χ1n) is 6.11. The number of hydrogen-bond acceptors (Lipinski definition) is 3. The summed E-state index contributed by atoms with van der Waals surface area (Å²) >= 11 is 0. The molecule has 1 aromatic carbocycles. The third kappa shape index (κ3) is 2.94. The van der Waals surface area contributed by atoms with Gasteiger partial charge in [0, 0.05) is 19.1 Å². The van der Waals surface area contributed by atoms with Crippen molar-refractivity contribution in [3.63, 3.8) is 0 Å². The van der Waals surface area contributed by atoms with Crippen LogP contribution in [0.5, 0.6) is 0 Å². The molecule has 0 atom stereocenters. The van der Waals surface area contributed by atoms with E-state index in [4.69, 9.17) is 11.0 Å². The first-order chi connectivity index (χ1) is 9.11. The third-order valence-electron chi connectivity index (χ3n) is 3.29. The predicted molar refractivity (Wildman–Crippen MR) is 69.1 cm³/mol. The van der Waals surface area contributed by atoms with Crippen LogP contribution in [-0.2, 0) is 0 Å². The lowest BCUT2D eigenvalue weighted by Crippen LogP contribution is -2.46. The number of rotatable bonds is 2. The van der Waals surface area contributed by atoms with Gasteiger partial charge in [0.25, 0.3) is 0 Å². The number of urea groups is 1. The van der Waals surface area contributed by atoms with Crippen molar-refractivity contribution in [2.24, 2.45) is 5.73 Å². The standard InChI is InChI=1S/C13H15FN4O/c14-11-2-1-3-12(10(11)8-15)18-6-4-9(5-7-18)17-13(16)19/h1-3,9H,4-7H2,(H3,16,17,19). The van der Waals surface area contributed by atoms with Crippen LogP contribution in [0.15, 0.2) is 18.2 Å². The van der Waals surface area contributed by atoms with E-state index in [-0.39, 0.29) is 11.6 Å². The second kappa shape index (κ2) is 5.57. The minimum Gasteiger partial charge on any atom is -0.370 e. The lowest BCUT2D eigenvalue weighted by Gasteiger charge is -2.34. The number of nitriles is 1. The minimum atomic E-state index is -0.526. The number of halogens is 1. The molecule has 1 saturated heterocycles. The highest BCUT2D eigenvalue weighted by Gasteiger charge is 2.22. The summed E-state index contributed by atoms with van der Waals surface area (Å²) in [7, 11) is 0. The molecule has 1 fully saturated rings. The van der Waals surface area contributed by atoms with Crippen molar-refractivity contribution >= 4 is 11.7 Å². The Hall–Kier alpha value is -2.29. The second-order valence-electron chi connectivity index (χ2n) is 4.52. The number of piperidine rings is 1. The van der Waals surface area contributed by atoms with Crippen LogP contribution in [0.25, 0.3) is 0 Å². The second-order valence-corrected chi connectivity index (χ2v) is 4.52. The van der Waals surface area contributed by atoms with Crippen molar-refractivity contribution in [3.05, 3.63) is 29.6 Å². The largest absolute Gasteiger partial charge is 0.370 e. The Morgan fingerprint density at radius 2 is 2.16 bits per heavy atom. The zero-order chi connectivity index (χ0) is 13.8. The van der Waals surface area contributed by atoms with Crippen molar-refractivity contribution < 1.29 is 9.18 Å². The van der Waals surface area contributed by atoms with Gasteiger partial charge in [-0.3, -0.25) is 0 Å². The van der Waals surface area contributed by atoms with Gasteiger partial charge in [0.2, 0.25) is 0 Å². The smallest absolute Gasteiger partial charge is 0.312 e. The van der Waals surface area contributed by atoms with Gasteiger partial charge in [0.1, 0.15) is 17.4 Å². The van der Waals surface area contributed by atoms with E-state index >= 15 is 0 Å². The molecule has 0 aromatic heterocycles. The molecule has 0 spiro atoms. The van der Waals surface area contributed by atoms with Gasteiger partial charge >= 0.3 is 6.03 Å². The Kier molecular flexibility index (Phi) is 3.85. The van der Waals surface area contributed by atoms with E-state index < -0.39 is 11.8 Å². The fourth-order valence-corrected chi connectivity index (χ4v) is 2.35. The summed E-state index contributed by atoms with van der Waals surface area (Å²) < 4.78 is 13.5. The molecule has 1 aliphatic rings. The van der Waals surface area contributed by atoms with E-state index in [0.717, 1.165) is 12.8 Å². The van der Waals surface area contributed by atoms with Gasteiger partial charge in [-0.25, -0.2) is 9.18 Å². The third-order valence-corrected chi connectivity index (χ3v) is 3.29. The molecule has 100 valence electrons. The van der Waals surface area contributed by atoms with Crippen molar-refractivity contribution in [2.45, 2.75) is 18.9 Å². The number of anilines is 1. The van der Waals surface area contributed by atoms with Crippen LogP contribution in [0.1, 0.15) is 18.4 Å². The Morgan fingerprint density at radius 1 is 1.47 bits per heavy atom. The molecule has 3 N–H and O–H groups in total. The van der Waals surface area contributed by atoms with Gasteiger partial charge in [-0.2, -0.15) is 5.26 Å².